The van der Waals surface area contributed by atoms with Gasteiger partial charge in [-0.2, -0.15) is 13.2 Å². The molecule has 11 nitrogen and oxygen atoms in total. The van der Waals surface area contributed by atoms with Gasteiger partial charge in [0, 0.05) is 12.3 Å². The number of aromatic amines is 1. The van der Waals surface area contributed by atoms with Crippen LogP contribution in [0.3, 0.4) is 0 Å². The molecule has 5 rings (SSSR count). The maximum absolute atomic E-state index is 13.4. The molecule has 4 aromatic rings. The van der Waals surface area contributed by atoms with E-state index in [9.17, 15) is 32.7 Å². The van der Waals surface area contributed by atoms with Gasteiger partial charge in [-0.05, 0) is 41.0 Å². The number of amides is 1. The first kappa shape index (κ1) is 32.5. The van der Waals surface area contributed by atoms with Crippen LogP contribution in [0.25, 0.3) is 0 Å². The van der Waals surface area contributed by atoms with Crippen LogP contribution in [-0.4, -0.2) is 65.8 Å². The number of carbonyl (C=O) groups excluding carboxylic acids is 1. The molecule has 1 aromatic heterocycles. The molecule has 1 fully saturated rings. The molecule has 0 saturated carbocycles. The second-order valence-corrected chi connectivity index (χ2v) is 10.4. The van der Waals surface area contributed by atoms with Crippen molar-refractivity contribution in [3.05, 3.63) is 129 Å². The van der Waals surface area contributed by atoms with Crippen molar-refractivity contribution in [2.24, 2.45) is 0 Å². The number of ether oxygens (including phenoxy) is 4. The smallest absolute Gasteiger partial charge is 0.471 e. The molecule has 1 aliphatic heterocycles. The summed E-state index contributed by atoms with van der Waals surface area (Å²) in [6.07, 6.45) is -9.09. The minimum Gasteiger partial charge on any atom is -0.497 e. The molecule has 4 atom stereocenters. The Morgan fingerprint density at radius 3 is 1.93 bits per heavy atom. The van der Waals surface area contributed by atoms with Gasteiger partial charge in [0.25, 0.3) is 5.56 Å². The van der Waals surface area contributed by atoms with Crippen LogP contribution in [0.15, 0.2) is 101 Å². The summed E-state index contributed by atoms with van der Waals surface area (Å²) in [7, 11) is 3.03. The monoisotopic (exact) mass is 641 g/mol. The Morgan fingerprint density at radius 2 is 1.43 bits per heavy atom. The molecule has 2 heterocycles. The SMILES string of the molecule is COc1ccc(C(OC[C@H]2O[C@@H](n3ccc(=O)[nH]c3=O)[C@H](O)[C@@H]2NC(=O)C(F)(F)F)(c2ccccc2)c2ccc(OC)cc2)cc1. The topological polar surface area (TPSA) is 141 Å². The number of aliphatic hydroxyl groups excluding tert-OH is 1. The lowest BCUT2D eigenvalue weighted by Crippen LogP contribution is -2.53. The number of H-pyrrole nitrogens is 1. The third-order valence-corrected chi connectivity index (χ3v) is 7.69. The van der Waals surface area contributed by atoms with Crippen molar-refractivity contribution in [2.75, 3.05) is 20.8 Å². The van der Waals surface area contributed by atoms with E-state index in [-0.39, 0.29) is 0 Å². The second-order valence-electron chi connectivity index (χ2n) is 10.4. The Labute approximate surface area is 260 Å². The molecule has 0 unspecified atom stereocenters. The second kappa shape index (κ2) is 13.2. The lowest BCUT2D eigenvalue weighted by Gasteiger charge is -2.37. The van der Waals surface area contributed by atoms with Gasteiger partial charge in [-0.25, -0.2) is 4.79 Å². The minimum atomic E-state index is -5.28. The van der Waals surface area contributed by atoms with Crippen LogP contribution in [0.1, 0.15) is 22.9 Å². The number of hydrogen-bond acceptors (Lipinski definition) is 8. The van der Waals surface area contributed by atoms with Crippen molar-refractivity contribution in [2.45, 2.75) is 36.3 Å². The van der Waals surface area contributed by atoms with Crippen LogP contribution in [0, 0.1) is 0 Å². The number of hydrogen-bond donors (Lipinski definition) is 3. The van der Waals surface area contributed by atoms with Gasteiger partial charge in [-0.1, -0.05) is 54.6 Å². The quantitative estimate of drug-likeness (QED) is 0.225. The lowest BCUT2D eigenvalue weighted by molar-refractivity contribution is -0.175. The van der Waals surface area contributed by atoms with Crippen LogP contribution in [-0.2, 0) is 19.9 Å². The normalized spacial score (nSPS) is 19.9. The first-order valence-electron chi connectivity index (χ1n) is 14.0. The fourth-order valence-electron chi connectivity index (χ4n) is 5.44. The summed E-state index contributed by atoms with van der Waals surface area (Å²) in [5.74, 6) is -1.20. The average Bonchev–Trinajstić information content (AvgIpc) is 3.36. The van der Waals surface area contributed by atoms with Crippen molar-refractivity contribution >= 4 is 5.91 Å². The molecule has 46 heavy (non-hydrogen) atoms. The summed E-state index contributed by atoms with van der Waals surface area (Å²) in [5.41, 5.74) is -1.29. The molecule has 3 aromatic carbocycles. The van der Waals surface area contributed by atoms with Gasteiger partial charge in [0.1, 0.15) is 29.3 Å². The zero-order chi connectivity index (χ0) is 33.1. The number of aromatic nitrogens is 2. The third kappa shape index (κ3) is 6.40. The summed E-state index contributed by atoms with van der Waals surface area (Å²) < 4.78 is 64.2. The number of methoxy groups -OCH3 is 2. The summed E-state index contributed by atoms with van der Waals surface area (Å²) in [5, 5.41) is 12.9. The van der Waals surface area contributed by atoms with E-state index < -0.39 is 60.0 Å². The van der Waals surface area contributed by atoms with E-state index in [1.165, 1.54) is 14.2 Å². The fourth-order valence-corrected chi connectivity index (χ4v) is 5.44. The summed E-state index contributed by atoms with van der Waals surface area (Å²) in [6.45, 7) is -0.485. The highest BCUT2D eigenvalue weighted by atomic mass is 19.4. The van der Waals surface area contributed by atoms with Gasteiger partial charge in [-0.3, -0.25) is 19.1 Å². The number of benzene rings is 3. The predicted molar refractivity (Wildman–Crippen MR) is 157 cm³/mol. The first-order valence-corrected chi connectivity index (χ1v) is 14.0. The van der Waals surface area contributed by atoms with Gasteiger partial charge >= 0.3 is 17.8 Å². The maximum Gasteiger partial charge on any atom is 0.471 e. The molecule has 1 aliphatic rings. The van der Waals surface area contributed by atoms with Gasteiger partial charge in [0.15, 0.2) is 6.23 Å². The Hall–Kier alpha value is -4.92. The number of carbonyl (C=O) groups is 1. The Bertz CT molecular complexity index is 1710. The predicted octanol–water partition coefficient (Wildman–Crippen LogP) is 2.87. The average molecular weight is 642 g/mol. The van der Waals surface area contributed by atoms with Crippen LogP contribution in [0.5, 0.6) is 11.5 Å². The van der Waals surface area contributed by atoms with E-state index in [2.05, 4.69) is 0 Å². The minimum absolute atomic E-state index is 0.485. The fraction of sp³-hybridized carbons (Fsp3) is 0.281. The molecular weight excluding hydrogens is 611 g/mol. The van der Waals surface area contributed by atoms with E-state index >= 15 is 0 Å². The van der Waals surface area contributed by atoms with E-state index in [0.717, 1.165) is 16.8 Å². The lowest BCUT2D eigenvalue weighted by atomic mass is 9.80. The maximum atomic E-state index is 13.4. The largest absolute Gasteiger partial charge is 0.497 e. The molecule has 3 N–H and O–H groups in total. The van der Waals surface area contributed by atoms with Gasteiger partial charge in [0.2, 0.25) is 0 Å². The van der Waals surface area contributed by atoms with E-state index in [1.54, 1.807) is 66.0 Å². The van der Waals surface area contributed by atoms with Crippen molar-refractivity contribution in [3.63, 3.8) is 0 Å². The van der Waals surface area contributed by atoms with Crippen molar-refractivity contribution < 1.29 is 42.0 Å². The zero-order valence-electron chi connectivity index (χ0n) is 24.6. The molecule has 0 radical (unpaired) electrons. The number of rotatable bonds is 10. The Kier molecular flexibility index (Phi) is 9.32. The van der Waals surface area contributed by atoms with E-state index in [4.69, 9.17) is 18.9 Å². The molecule has 1 amide bonds. The highest BCUT2D eigenvalue weighted by Crippen LogP contribution is 2.43. The standard InChI is InChI=1S/C32H30F3N3O8/c1-43-22-12-8-20(9-13-22)31(19-6-4-3-5-7-19,21-10-14-23(44-2)15-11-21)45-18-24-26(37-29(41)32(33,34)35)27(40)28(46-24)38-17-16-25(39)36-30(38)42/h3-17,24,26-28,40H,18H2,1-2H3,(H,37,41)(H,36,39,42)/t24-,26-,27-,28-/m1/s1. The van der Waals surface area contributed by atoms with Gasteiger partial charge < -0.3 is 29.4 Å². The molecule has 0 aliphatic carbocycles. The molecular formula is C32H30F3N3O8. The molecule has 0 bridgehead atoms. The van der Waals surface area contributed by atoms with Crippen molar-refractivity contribution in [1.82, 2.24) is 14.9 Å². The van der Waals surface area contributed by atoms with Crippen LogP contribution in [0.4, 0.5) is 13.2 Å². The Balaban J connectivity index is 1.61. The highest BCUT2D eigenvalue weighted by molar-refractivity contribution is 5.82. The molecule has 14 heteroatoms. The van der Waals surface area contributed by atoms with Crippen LogP contribution >= 0.6 is 0 Å². The van der Waals surface area contributed by atoms with E-state index in [0.29, 0.717) is 28.2 Å². The number of alkyl halides is 3. The highest BCUT2D eigenvalue weighted by Gasteiger charge is 2.50. The first-order chi connectivity index (χ1) is 22.0. The summed E-state index contributed by atoms with van der Waals surface area (Å²) in [4.78, 5) is 38.3. The van der Waals surface area contributed by atoms with Crippen molar-refractivity contribution in [3.8, 4) is 11.5 Å². The van der Waals surface area contributed by atoms with Crippen LogP contribution in [0.2, 0.25) is 0 Å². The van der Waals surface area contributed by atoms with E-state index in [1.807, 2.05) is 23.2 Å². The zero-order valence-corrected chi connectivity index (χ0v) is 24.6. The number of halogens is 3. The van der Waals surface area contributed by atoms with Gasteiger partial charge in [0.05, 0.1) is 26.9 Å². The Morgan fingerprint density at radius 1 is 0.891 bits per heavy atom. The summed E-state index contributed by atoms with van der Waals surface area (Å²) in [6, 6.07) is 22.3. The third-order valence-electron chi connectivity index (χ3n) is 7.69. The number of nitrogens with zero attached hydrogens (tertiary/aromatic N) is 1. The van der Waals surface area contributed by atoms with Crippen molar-refractivity contribution in [1.29, 1.82) is 0 Å². The number of aliphatic hydroxyl groups is 1. The molecule has 1 saturated heterocycles. The summed E-state index contributed by atoms with van der Waals surface area (Å²) >= 11 is 0. The molecule has 242 valence electrons. The molecule has 0 spiro atoms. The van der Waals surface area contributed by atoms with Crippen LogP contribution < -0.4 is 26.0 Å². The number of nitrogens with one attached hydrogen (secondary N) is 2. The van der Waals surface area contributed by atoms with Gasteiger partial charge in [-0.15, -0.1) is 0 Å².